The molecule has 202 valence electrons. The number of hydrogen-bond acceptors (Lipinski definition) is 4. The molecule has 0 aliphatic heterocycles. The van der Waals surface area contributed by atoms with Gasteiger partial charge in [-0.1, -0.05) is 60.1 Å². The minimum absolute atomic E-state index is 0.00390. The van der Waals surface area contributed by atoms with E-state index < -0.39 is 21.9 Å². The zero-order valence-corrected chi connectivity index (χ0v) is 22.9. The summed E-state index contributed by atoms with van der Waals surface area (Å²) < 4.78 is 39.6. The van der Waals surface area contributed by atoms with E-state index in [1.54, 1.807) is 36.4 Å². The van der Waals surface area contributed by atoms with E-state index in [0.29, 0.717) is 16.3 Å². The molecule has 0 heterocycles. The number of sulfonamides is 1. The Balaban J connectivity index is 1.84. The first-order valence-electron chi connectivity index (χ1n) is 12.1. The van der Waals surface area contributed by atoms with Gasteiger partial charge in [0.2, 0.25) is 21.8 Å². The van der Waals surface area contributed by atoms with Crippen LogP contribution in [0.5, 0.6) is 0 Å². The predicted molar refractivity (Wildman–Crippen MR) is 148 cm³/mol. The first kappa shape index (κ1) is 29.1. The molecule has 0 aromatic heterocycles. The third-order valence-corrected chi connectivity index (χ3v) is 7.46. The Morgan fingerprint density at radius 1 is 0.974 bits per heavy atom. The maximum Gasteiger partial charge on any atom is 0.242 e. The fraction of sp³-hybridized carbons (Fsp3) is 0.286. The third-order valence-electron chi connectivity index (χ3n) is 6.03. The van der Waals surface area contributed by atoms with Crippen LogP contribution in [0.2, 0.25) is 5.02 Å². The van der Waals surface area contributed by atoms with E-state index in [1.807, 2.05) is 30.3 Å². The van der Waals surface area contributed by atoms with Crippen LogP contribution < -0.4 is 9.62 Å². The molecule has 0 unspecified atom stereocenters. The zero-order valence-electron chi connectivity index (χ0n) is 21.3. The van der Waals surface area contributed by atoms with Crippen molar-refractivity contribution < 1.29 is 22.4 Å². The second-order valence-corrected chi connectivity index (χ2v) is 11.2. The van der Waals surface area contributed by atoms with Gasteiger partial charge in [0.15, 0.2) is 0 Å². The molecule has 1 N–H and O–H groups in total. The van der Waals surface area contributed by atoms with Crippen molar-refractivity contribution in [1.29, 1.82) is 0 Å². The normalized spacial score (nSPS) is 12.0. The second-order valence-electron chi connectivity index (χ2n) is 8.89. The Morgan fingerprint density at radius 2 is 1.66 bits per heavy atom. The number of amides is 2. The van der Waals surface area contributed by atoms with Crippen LogP contribution in [0, 0.1) is 5.82 Å². The molecule has 0 bridgehead atoms. The maximum absolute atomic E-state index is 13.6. The molecule has 0 radical (unpaired) electrons. The summed E-state index contributed by atoms with van der Waals surface area (Å²) in [5, 5.41) is 3.04. The molecule has 0 aliphatic rings. The van der Waals surface area contributed by atoms with Gasteiger partial charge in [-0.25, -0.2) is 12.8 Å². The Morgan fingerprint density at radius 3 is 2.26 bits per heavy atom. The first-order valence-corrected chi connectivity index (χ1v) is 14.3. The van der Waals surface area contributed by atoms with Crippen LogP contribution in [0.15, 0.2) is 78.9 Å². The SMILES string of the molecule is CNC(=O)[C@H](Cc1ccccc1)N(Cc1ccc(F)cc1)C(=O)CCCN(c1cccc(Cl)c1)S(C)(=O)=O. The molecule has 0 saturated carbocycles. The van der Waals surface area contributed by atoms with Crippen molar-refractivity contribution in [2.24, 2.45) is 0 Å². The molecule has 0 spiro atoms. The minimum Gasteiger partial charge on any atom is -0.357 e. The summed E-state index contributed by atoms with van der Waals surface area (Å²) in [4.78, 5) is 28.0. The summed E-state index contributed by atoms with van der Waals surface area (Å²) in [6, 6.07) is 20.8. The molecule has 1 atom stereocenters. The number of hydrogen-bond donors (Lipinski definition) is 1. The van der Waals surface area contributed by atoms with Crippen molar-refractivity contribution in [3.8, 4) is 0 Å². The summed E-state index contributed by atoms with van der Waals surface area (Å²) in [6.07, 6.45) is 1.59. The number of nitrogens with one attached hydrogen (secondary N) is 1. The second kappa shape index (κ2) is 13.4. The fourth-order valence-corrected chi connectivity index (χ4v) is 5.28. The highest BCUT2D eigenvalue weighted by molar-refractivity contribution is 7.92. The Bertz CT molecular complexity index is 1340. The lowest BCUT2D eigenvalue weighted by Gasteiger charge is -2.31. The van der Waals surface area contributed by atoms with Gasteiger partial charge in [0.25, 0.3) is 0 Å². The molecule has 2 amide bonds. The smallest absolute Gasteiger partial charge is 0.242 e. The van der Waals surface area contributed by atoms with Crippen molar-refractivity contribution in [3.63, 3.8) is 0 Å². The molecule has 3 rings (SSSR count). The molecular formula is C28H31ClFN3O4S. The van der Waals surface area contributed by atoms with Crippen LogP contribution in [-0.2, 0) is 32.6 Å². The van der Waals surface area contributed by atoms with Gasteiger partial charge in [-0.3, -0.25) is 13.9 Å². The molecule has 0 aliphatic carbocycles. The molecule has 10 heteroatoms. The van der Waals surface area contributed by atoms with E-state index in [4.69, 9.17) is 11.6 Å². The van der Waals surface area contributed by atoms with Gasteiger partial charge < -0.3 is 10.2 Å². The lowest BCUT2D eigenvalue weighted by molar-refractivity contribution is -0.141. The molecule has 3 aromatic carbocycles. The number of carbonyl (C=O) groups is 2. The highest BCUT2D eigenvalue weighted by atomic mass is 35.5. The van der Waals surface area contributed by atoms with Crippen LogP contribution in [0.25, 0.3) is 0 Å². The molecule has 38 heavy (non-hydrogen) atoms. The number of anilines is 1. The van der Waals surface area contributed by atoms with E-state index in [9.17, 15) is 22.4 Å². The topological polar surface area (TPSA) is 86.8 Å². The lowest BCUT2D eigenvalue weighted by atomic mass is 10.0. The van der Waals surface area contributed by atoms with Gasteiger partial charge in [0.1, 0.15) is 11.9 Å². The van der Waals surface area contributed by atoms with Crippen molar-refractivity contribution >= 4 is 39.1 Å². The number of rotatable bonds is 12. The standard InChI is InChI=1S/C28H31ClFN3O4S/c1-31-28(35)26(18-21-8-4-3-5-9-21)32(20-22-13-15-24(30)16-14-22)27(34)12-7-17-33(38(2,36)37)25-11-6-10-23(29)19-25/h3-6,8-11,13-16,19,26H,7,12,17-18,20H2,1-2H3,(H,31,35)/t26-/m0/s1. The van der Waals surface area contributed by atoms with Crippen molar-refractivity contribution in [2.75, 3.05) is 24.2 Å². The number of nitrogens with zero attached hydrogens (tertiary/aromatic N) is 2. The van der Waals surface area contributed by atoms with Gasteiger partial charge in [0.05, 0.1) is 11.9 Å². The number of benzene rings is 3. The van der Waals surface area contributed by atoms with E-state index in [2.05, 4.69) is 5.32 Å². The molecule has 0 fully saturated rings. The highest BCUT2D eigenvalue weighted by Gasteiger charge is 2.30. The summed E-state index contributed by atoms with van der Waals surface area (Å²) in [5.74, 6) is -1.06. The zero-order chi connectivity index (χ0) is 27.7. The van der Waals surface area contributed by atoms with E-state index in [1.165, 1.54) is 28.4 Å². The van der Waals surface area contributed by atoms with Gasteiger partial charge in [-0.2, -0.15) is 0 Å². The van der Waals surface area contributed by atoms with E-state index in [-0.39, 0.29) is 44.2 Å². The Kier molecular flexibility index (Phi) is 10.3. The Hall–Kier alpha value is -3.43. The Labute approximate surface area is 228 Å². The van der Waals surface area contributed by atoms with Crippen molar-refractivity contribution in [3.05, 3.63) is 101 Å². The van der Waals surface area contributed by atoms with E-state index in [0.717, 1.165) is 11.8 Å². The quantitative estimate of drug-likeness (QED) is 0.356. The van der Waals surface area contributed by atoms with E-state index >= 15 is 0 Å². The summed E-state index contributed by atoms with van der Waals surface area (Å²) in [5.41, 5.74) is 1.95. The minimum atomic E-state index is -3.63. The van der Waals surface area contributed by atoms with Crippen LogP contribution in [0.3, 0.4) is 0 Å². The van der Waals surface area contributed by atoms with Crippen LogP contribution in [-0.4, -0.2) is 51.0 Å². The predicted octanol–water partition coefficient (Wildman–Crippen LogP) is 4.41. The third kappa shape index (κ3) is 8.29. The number of carbonyl (C=O) groups excluding carboxylic acids is 2. The van der Waals surface area contributed by atoms with Crippen LogP contribution in [0.4, 0.5) is 10.1 Å². The number of halogens is 2. The van der Waals surface area contributed by atoms with Crippen LogP contribution >= 0.6 is 11.6 Å². The van der Waals surface area contributed by atoms with Crippen LogP contribution in [0.1, 0.15) is 24.0 Å². The average molecular weight is 560 g/mol. The monoisotopic (exact) mass is 559 g/mol. The van der Waals surface area contributed by atoms with Crippen molar-refractivity contribution in [2.45, 2.75) is 31.8 Å². The first-order chi connectivity index (χ1) is 18.1. The van der Waals surface area contributed by atoms with Gasteiger partial charge in [-0.05, 0) is 47.9 Å². The molecule has 0 saturated heterocycles. The molecule has 7 nitrogen and oxygen atoms in total. The van der Waals surface area contributed by atoms with Gasteiger partial charge in [-0.15, -0.1) is 0 Å². The highest BCUT2D eigenvalue weighted by Crippen LogP contribution is 2.23. The molecular weight excluding hydrogens is 529 g/mol. The number of likely N-dealkylation sites (N-methyl/N-ethyl adjacent to an activating group) is 1. The summed E-state index contributed by atoms with van der Waals surface area (Å²) in [7, 11) is -2.12. The summed E-state index contributed by atoms with van der Waals surface area (Å²) >= 11 is 6.05. The molecule has 3 aromatic rings. The summed E-state index contributed by atoms with van der Waals surface area (Å²) in [6.45, 7) is 0.146. The van der Waals surface area contributed by atoms with Gasteiger partial charge in [0, 0.05) is 38.0 Å². The lowest BCUT2D eigenvalue weighted by Crippen LogP contribution is -2.49. The average Bonchev–Trinajstić information content (AvgIpc) is 2.89. The fourth-order valence-electron chi connectivity index (χ4n) is 4.14. The van der Waals surface area contributed by atoms with Crippen molar-refractivity contribution in [1.82, 2.24) is 10.2 Å². The maximum atomic E-state index is 13.6. The van der Waals surface area contributed by atoms with Gasteiger partial charge >= 0.3 is 0 Å². The largest absolute Gasteiger partial charge is 0.357 e.